The van der Waals surface area contributed by atoms with Crippen LogP contribution in [0.4, 0.5) is 5.95 Å². The predicted octanol–water partition coefficient (Wildman–Crippen LogP) is 2.12. The zero-order valence-corrected chi connectivity index (χ0v) is 16.3. The number of aromatic nitrogens is 3. The maximum Gasteiger partial charge on any atom is 0.331 e. The second-order valence-corrected chi connectivity index (χ2v) is 7.24. The number of esters is 1. The molecule has 2 heterocycles. The topological polar surface area (TPSA) is 109 Å². The molecule has 26 heavy (non-hydrogen) atoms. The summed E-state index contributed by atoms with van der Waals surface area (Å²) in [4.78, 5) is 32.5. The lowest BCUT2D eigenvalue weighted by Crippen LogP contribution is -2.32. The Labute approximate surface area is 158 Å². The molecule has 1 saturated carbocycles. The number of nitrogen functional groups attached to an aromatic ring is 1. The first kappa shape index (κ1) is 18.8. The third kappa shape index (κ3) is 3.73. The van der Waals surface area contributed by atoms with Gasteiger partial charge in [-0.1, -0.05) is 0 Å². The molecule has 2 aromatic rings. The number of anilines is 1. The van der Waals surface area contributed by atoms with E-state index < -0.39 is 0 Å². The molecule has 0 unspecified atom stereocenters. The predicted molar refractivity (Wildman–Crippen MR) is 99.9 cm³/mol. The van der Waals surface area contributed by atoms with Crippen LogP contribution in [0.2, 0.25) is 0 Å². The minimum Gasteiger partial charge on any atom is -0.467 e. The second-order valence-electron chi connectivity index (χ2n) is 6.39. The van der Waals surface area contributed by atoms with Crippen molar-refractivity contribution < 1.29 is 14.3 Å². The lowest BCUT2D eigenvalue weighted by molar-refractivity contribution is -0.148. The summed E-state index contributed by atoms with van der Waals surface area (Å²) in [6.07, 6.45) is 2.99. The van der Waals surface area contributed by atoms with E-state index in [0.29, 0.717) is 10.1 Å². The van der Waals surface area contributed by atoms with Gasteiger partial charge in [-0.25, -0.2) is 9.78 Å². The standard InChI is InChI=1S/C17H21BrN4O4/c1-9-12-7-13(18)16(24)22(15(12)21-17(19)20-9)10-3-5-11(6-4-10)26-8-14(23)25-2/h7,10-11H,3-6,8H2,1-2H3,(H2,19,20,21). The molecule has 140 valence electrons. The first-order valence-electron chi connectivity index (χ1n) is 8.44. The summed E-state index contributed by atoms with van der Waals surface area (Å²) in [6.45, 7) is 1.80. The van der Waals surface area contributed by atoms with E-state index in [-0.39, 0.29) is 36.2 Å². The van der Waals surface area contributed by atoms with Gasteiger partial charge >= 0.3 is 5.97 Å². The number of carbonyl (C=O) groups is 1. The van der Waals surface area contributed by atoms with Crippen molar-refractivity contribution in [2.24, 2.45) is 0 Å². The number of nitrogens with two attached hydrogens (primary N) is 1. The molecule has 1 aliphatic carbocycles. The van der Waals surface area contributed by atoms with Crippen molar-refractivity contribution in [2.45, 2.75) is 44.8 Å². The van der Waals surface area contributed by atoms with E-state index in [1.165, 1.54) is 7.11 Å². The molecule has 9 heteroatoms. The van der Waals surface area contributed by atoms with Crippen molar-refractivity contribution in [1.29, 1.82) is 0 Å². The van der Waals surface area contributed by atoms with Gasteiger partial charge in [0.05, 0.1) is 23.4 Å². The zero-order chi connectivity index (χ0) is 18.8. The van der Waals surface area contributed by atoms with Crippen LogP contribution in [0.5, 0.6) is 0 Å². The van der Waals surface area contributed by atoms with E-state index in [4.69, 9.17) is 10.5 Å². The van der Waals surface area contributed by atoms with Gasteiger partial charge in [0, 0.05) is 11.4 Å². The Kier molecular flexibility index (Phi) is 5.57. The van der Waals surface area contributed by atoms with Crippen LogP contribution in [-0.4, -0.2) is 40.3 Å². The molecule has 0 amide bonds. The Morgan fingerprint density at radius 3 is 2.69 bits per heavy atom. The Hall–Kier alpha value is -2.00. The van der Waals surface area contributed by atoms with Crippen molar-refractivity contribution >= 4 is 38.9 Å². The van der Waals surface area contributed by atoms with E-state index >= 15 is 0 Å². The third-order valence-electron chi connectivity index (χ3n) is 4.73. The fraction of sp³-hybridized carbons (Fsp3) is 0.529. The van der Waals surface area contributed by atoms with E-state index in [0.717, 1.165) is 36.8 Å². The maximum atomic E-state index is 12.8. The third-order valence-corrected chi connectivity index (χ3v) is 5.30. The molecule has 0 saturated heterocycles. The Bertz CT molecular complexity index is 890. The van der Waals surface area contributed by atoms with E-state index in [1.54, 1.807) is 10.6 Å². The highest BCUT2D eigenvalue weighted by Gasteiger charge is 2.26. The number of fused-ring (bicyclic) bond motifs is 1. The maximum absolute atomic E-state index is 12.8. The molecule has 2 aromatic heterocycles. The summed E-state index contributed by atoms with van der Waals surface area (Å²) >= 11 is 3.35. The largest absolute Gasteiger partial charge is 0.467 e. The summed E-state index contributed by atoms with van der Waals surface area (Å²) in [5, 5.41) is 0.801. The number of rotatable bonds is 4. The molecule has 0 aromatic carbocycles. The van der Waals surface area contributed by atoms with Gasteiger partial charge < -0.3 is 15.2 Å². The molecule has 0 aliphatic heterocycles. The molecule has 1 aliphatic rings. The minimum atomic E-state index is -0.385. The van der Waals surface area contributed by atoms with Crippen LogP contribution >= 0.6 is 15.9 Å². The number of nitrogens with zero attached hydrogens (tertiary/aromatic N) is 3. The number of hydrogen-bond acceptors (Lipinski definition) is 7. The van der Waals surface area contributed by atoms with Gasteiger partial charge in [-0.05, 0) is 54.6 Å². The molecule has 0 radical (unpaired) electrons. The Balaban J connectivity index is 1.86. The van der Waals surface area contributed by atoms with Gasteiger partial charge in [0.25, 0.3) is 5.56 Å². The number of ether oxygens (including phenoxy) is 2. The van der Waals surface area contributed by atoms with E-state index in [1.807, 2.05) is 6.92 Å². The number of methoxy groups -OCH3 is 1. The number of pyridine rings is 1. The highest BCUT2D eigenvalue weighted by molar-refractivity contribution is 9.10. The number of halogens is 1. The quantitative estimate of drug-likeness (QED) is 0.748. The smallest absolute Gasteiger partial charge is 0.331 e. The number of hydrogen-bond donors (Lipinski definition) is 1. The molecular weight excluding hydrogens is 404 g/mol. The van der Waals surface area contributed by atoms with Crippen molar-refractivity contribution in [3.8, 4) is 0 Å². The van der Waals surface area contributed by atoms with Gasteiger partial charge in [0.2, 0.25) is 5.95 Å². The second kappa shape index (κ2) is 7.71. The first-order chi connectivity index (χ1) is 12.4. The average molecular weight is 425 g/mol. The van der Waals surface area contributed by atoms with Crippen LogP contribution in [0.1, 0.15) is 37.4 Å². The van der Waals surface area contributed by atoms with Gasteiger partial charge in [-0.15, -0.1) is 0 Å². The van der Waals surface area contributed by atoms with Gasteiger partial charge in [0.1, 0.15) is 12.3 Å². The molecular formula is C17H21BrN4O4. The summed E-state index contributed by atoms with van der Waals surface area (Å²) < 4.78 is 12.4. The first-order valence-corrected chi connectivity index (χ1v) is 9.23. The molecule has 1 fully saturated rings. The van der Waals surface area contributed by atoms with E-state index in [2.05, 4.69) is 30.6 Å². The average Bonchev–Trinajstić information content (AvgIpc) is 2.62. The SMILES string of the molecule is COC(=O)COC1CCC(n2c(=O)c(Br)cc3c(C)nc(N)nc32)CC1. The number of aryl methyl sites for hydroxylation is 1. The fourth-order valence-electron chi connectivity index (χ4n) is 3.39. The van der Waals surface area contributed by atoms with E-state index in [9.17, 15) is 9.59 Å². The molecule has 2 N–H and O–H groups in total. The lowest BCUT2D eigenvalue weighted by atomic mass is 9.92. The van der Waals surface area contributed by atoms with Gasteiger partial charge in [-0.3, -0.25) is 9.36 Å². The Morgan fingerprint density at radius 2 is 2.04 bits per heavy atom. The summed E-state index contributed by atoms with van der Waals surface area (Å²) in [5.41, 5.74) is 6.96. The van der Waals surface area contributed by atoms with Gasteiger partial charge in [-0.2, -0.15) is 4.98 Å². The fourth-order valence-corrected chi connectivity index (χ4v) is 3.81. The minimum absolute atomic E-state index is 0.00539. The summed E-state index contributed by atoms with van der Waals surface area (Å²) in [5.74, 6) is -0.232. The normalized spacial score (nSPS) is 20.3. The monoisotopic (exact) mass is 424 g/mol. The van der Waals surface area contributed by atoms with Gasteiger partial charge in [0.15, 0.2) is 0 Å². The van der Waals surface area contributed by atoms with Crippen LogP contribution < -0.4 is 11.3 Å². The lowest BCUT2D eigenvalue weighted by Gasteiger charge is -2.30. The van der Waals surface area contributed by atoms with Crippen molar-refractivity contribution in [1.82, 2.24) is 14.5 Å². The molecule has 3 rings (SSSR count). The van der Waals surface area contributed by atoms with Crippen LogP contribution in [-0.2, 0) is 14.3 Å². The number of carbonyl (C=O) groups excluding carboxylic acids is 1. The van der Waals surface area contributed by atoms with Crippen molar-refractivity contribution in [3.05, 3.63) is 26.6 Å². The molecule has 0 spiro atoms. The van der Waals surface area contributed by atoms with Crippen LogP contribution in [0.3, 0.4) is 0 Å². The molecule has 0 bridgehead atoms. The zero-order valence-electron chi connectivity index (χ0n) is 14.7. The van der Waals surface area contributed by atoms with Crippen LogP contribution in [0, 0.1) is 6.92 Å². The Morgan fingerprint density at radius 1 is 1.35 bits per heavy atom. The van der Waals surface area contributed by atoms with Crippen LogP contribution in [0.25, 0.3) is 11.0 Å². The highest BCUT2D eigenvalue weighted by Crippen LogP contribution is 2.32. The summed E-state index contributed by atoms with van der Waals surface area (Å²) in [6, 6.07) is 1.74. The van der Waals surface area contributed by atoms with Crippen molar-refractivity contribution in [3.63, 3.8) is 0 Å². The van der Waals surface area contributed by atoms with Crippen LogP contribution in [0.15, 0.2) is 15.3 Å². The highest BCUT2D eigenvalue weighted by atomic mass is 79.9. The van der Waals surface area contributed by atoms with Crippen molar-refractivity contribution in [2.75, 3.05) is 19.5 Å². The summed E-state index contributed by atoms with van der Waals surface area (Å²) in [7, 11) is 1.34. The molecule has 8 nitrogen and oxygen atoms in total. The molecule has 0 atom stereocenters.